The molecular weight excluding hydrogens is 282 g/mol. The van der Waals surface area contributed by atoms with E-state index in [4.69, 9.17) is 16.3 Å². The number of rotatable bonds is 7. The Bertz CT molecular complexity index is 429. The SMILES string of the molecule is CCCCOC(CN1CCCCC1)c1ccc(Cl)c(C)c1. The molecule has 3 heteroatoms. The first kappa shape index (κ1) is 16.8. The van der Waals surface area contributed by atoms with Crippen LogP contribution in [0, 0.1) is 6.92 Å². The van der Waals surface area contributed by atoms with Crippen LogP contribution in [0.3, 0.4) is 0 Å². The molecule has 1 aromatic carbocycles. The lowest BCUT2D eigenvalue weighted by atomic mass is 10.0. The van der Waals surface area contributed by atoms with Crippen LogP contribution in [0.4, 0.5) is 0 Å². The van der Waals surface area contributed by atoms with Crippen LogP contribution in [-0.2, 0) is 4.74 Å². The Morgan fingerprint density at radius 2 is 2.00 bits per heavy atom. The first-order valence-corrected chi connectivity index (χ1v) is 8.68. The molecule has 0 aliphatic carbocycles. The fourth-order valence-electron chi connectivity index (χ4n) is 2.87. The van der Waals surface area contributed by atoms with E-state index in [1.807, 2.05) is 6.07 Å². The summed E-state index contributed by atoms with van der Waals surface area (Å²) in [5.74, 6) is 0. The zero-order chi connectivity index (χ0) is 15.1. The average Bonchev–Trinajstić information content (AvgIpc) is 2.50. The van der Waals surface area contributed by atoms with Gasteiger partial charge in [-0.25, -0.2) is 0 Å². The predicted molar refractivity (Wildman–Crippen MR) is 90.1 cm³/mol. The van der Waals surface area contributed by atoms with Crippen molar-refractivity contribution in [2.45, 2.75) is 52.1 Å². The average molecular weight is 310 g/mol. The fraction of sp³-hybridized carbons (Fsp3) is 0.667. The molecule has 1 fully saturated rings. The van der Waals surface area contributed by atoms with Crippen LogP contribution in [0.25, 0.3) is 0 Å². The van der Waals surface area contributed by atoms with Crippen molar-refractivity contribution < 1.29 is 4.74 Å². The van der Waals surface area contributed by atoms with E-state index in [-0.39, 0.29) is 6.10 Å². The summed E-state index contributed by atoms with van der Waals surface area (Å²) in [6, 6.07) is 6.30. The van der Waals surface area contributed by atoms with Crippen molar-refractivity contribution in [3.63, 3.8) is 0 Å². The van der Waals surface area contributed by atoms with Crippen LogP contribution in [0.5, 0.6) is 0 Å². The Hall–Kier alpha value is -0.570. The molecule has 1 atom stereocenters. The highest BCUT2D eigenvalue weighted by Crippen LogP contribution is 2.25. The van der Waals surface area contributed by atoms with Crippen molar-refractivity contribution in [2.75, 3.05) is 26.2 Å². The molecule has 0 aromatic heterocycles. The number of hydrogen-bond donors (Lipinski definition) is 0. The quantitative estimate of drug-likeness (QED) is 0.658. The van der Waals surface area contributed by atoms with Crippen molar-refractivity contribution in [3.05, 3.63) is 34.3 Å². The summed E-state index contributed by atoms with van der Waals surface area (Å²) < 4.78 is 6.18. The molecule has 1 aliphatic heterocycles. The molecule has 1 heterocycles. The van der Waals surface area contributed by atoms with E-state index in [9.17, 15) is 0 Å². The molecule has 21 heavy (non-hydrogen) atoms. The summed E-state index contributed by atoms with van der Waals surface area (Å²) in [4.78, 5) is 2.55. The van der Waals surface area contributed by atoms with Crippen LogP contribution < -0.4 is 0 Å². The molecule has 0 saturated carbocycles. The molecule has 0 amide bonds. The summed E-state index contributed by atoms with van der Waals surface area (Å²) in [5.41, 5.74) is 2.40. The normalized spacial score (nSPS) is 17.9. The number of hydrogen-bond acceptors (Lipinski definition) is 2. The number of benzene rings is 1. The minimum atomic E-state index is 0.172. The van der Waals surface area contributed by atoms with Crippen molar-refractivity contribution >= 4 is 11.6 Å². The Morgan fingerprint density at radius 3 is 2.67 bits per heavy atom. The summed E-state index contributed by atoms with van der Waals surface area (Å²) in [5, 5.41) is 0.837. The van der Waals surface area contributed by atoms with Gasteiger partial charge in [-0.2, -0.15) is 0 Å². The molecule has 2 rings (SSSR count). The van der Waals surface area contributed by atoms with Crippen molar-refractivity contribution in [2.24, 2.45) is 0 Å². The number of ether oxygens (including phenoxy) is 1. The number of halogens is 1. The Balaban J connectivity index is 2.04. The van der Waals surface area contributed by atoms with Crippen molar-refractivity contribution in [1.82, 2.24) is 4.90 Å². The zero-order valence-corrected chi connectivity index (χ0v) is 14.2. The van der Waals surface area contributed by atoms with Crippen LogP contribution >= 0.6 is 11.6 Å². The molecule has 1 aliphatic rings. The third-order valence-corrected chi connectivity index (χ3v) is 4.67. The first-order chi connectivity index (χ1) is 10.2. The minimum absolute atomic E-state index is 0.172. The summed E-state index contributed by atoms with van der Waals surface area (Å²) in [6.07, 6.45) is 6.49. The summed E-state index contributed by atoms with van der Waals surface area (Å²) >= 11 is 6.15. The molecule has 1 saturated heterocycles. The minimum Gasteiger partial charge on any atom is -0.372 e. The second kappa shape index (κ2) is 8.77. The van der Waals surface area contributed by atoms with E-state index in [0.717, 1.165) is 30.2 Å². The number of unbranched alkanes of at least 4 members (excludes halogenated alkanes) is 1. The van der Waals surface area contributed by atoms with E-state index in [2.05, 4.69) is 30.9 Å². The van der Waals surface area contributed by atoms with Gasteiger partial charge in [-0.15, -0.1) is 0 Å². The second-order valence-electron chi connectivity index (χ2n) is 6.08. The van der Waals surface area contributed by atoms with E-state index in [1.54, 1.807) is 0 Å². The Labute approximate surface area is 134 Å². The highest BCUT2D eigenvalue weighted by atomic mass is 35.5. The van der Waals surface area contributed by atoms with Gasteiger partial charge >= 0.3 is 0 Å². The van der Waals surface area contributed by atoms with E-state index < -0.39 is 0 Å². The maximum atomic E-state index is 6.18. The summed E-state index contributed by atoms with van der Waals surface area (Å²) in [6.45, 7) is 8.53. The van der Waals surface area contributed by atoms with E-state index in [0.29, 0.717) is 0 Å². The third kappa shape index (κ3) is 5.28. The molecule has 0 spiro atoms. The Kier molecular flexibility index (Phi) is 7.01. The lowest BCUT2D eigenvalue weighted by Crippen LogP contribution is -2.34. The lowest BCUT2D eigenvalue weighted by Gasteiger charge is -2.31. The molecule has 0 N–H and O–H groups in total. The second-order valence-corrected chi connectivity index (χ2v) is 6.49. The molecular formula is C18H28ClNO. The van der Waals surface area contributed by atoms with Crippen molar-refractivity contribution in [3.8, 4) is 0 Å². The van der Waals surface area contributed by atoms with Gasteiger partial charge in [-0.05, 0) is 56.5 Å². The fourth-order valence-corrected chi connectivity index (χ4v) is 2.99. The largest absolute Gasteiger partial charge is 0.372 e. The van der Waals surface area contributed by atoms with Gasteiger partial charge in [-0.3, -0.25) is 0 Å². The third-order valence-electron chi connectivity index (χ3n) is 4.24. The van der Waals surface area contributed by atoms with Crippen LogP contribution in [0.2, 0.25) is 5.02 Å². The first-order valence-electron chi connectivity index (χ1n) is 8.30. The van der Waals surface area contributed by atoms with Crippen molar-refractivity contribution in [1.29, 1.82) is 0 Å². The maximum absolute atomic E-state index is 6.18. The number of aryl methyl sites for hydroxylation is 1. The zero-order valence-electron chi connectivity index (χ0n) is 13.4. The standard InChI is InChI=1S/C18H28ClNO/c1-3-4-12-21-18(14-20-10-6-5-7-11-20)16-8-9-17(19)15(2)13-16/h8-9,13,18H,3-7,10-12,14H2,1-2H3. The van der Waals surface area contributed by atoms with Crippen LogP contribution in [0.1, 0.15) is 56.3 Å². The van der Waals surface area contributed by atoms with E-state index in [1.165, 1.54) is 44.3 Å². The lowest BCUT2D eigenvalue weighted by molar-refractivity contribution is 0.0192. The highest BCUT2D eigenvalue weighted by molar-refractivity contribution is 6.31. The van der Waals surface area contributed by atoms with Gasteiger partial charge in [0.05, 0.1) is 6.10 Å². The highest BCUT2D eigenvalue weighted by Gasteiger charge is 2.19. The number of likely N-dealkylation sites (tertiary alicyclic amines) is 1. The van der Waals surface area contributed by atoms with Crippen LogP contribution in [-0.4, -0.2) is 31.1 Å². The molecule has 0 radical (unpaired) electrons. The van der Waals surface area contributed by atoms with Gasteiger partial charge in [-0.1, -0.05) is 43.5 Å². The van der Waals surface area contributed by atoms with Gasteiger partial charge in [0.2, 0.25) is 0 Å². The monoisotopic (exact) mass is 309 g/mol. The van der Waals surface area contributed by atoms with Gasteiger partial charge in [0.1, 0.15) is 0 Å². The maximum Gasteiger partial charge on any atom is 0.0951 e. The summed E-state index contributed by atoms with van der Waals surface area (Å²) in [7, 11) is 0. The molecule has 118 valence electrons. The number of nitrogens with zero attached hydrogens (tertiary/aromatic N) is 1. The van der Waals surface area contributed by atoms with Gasteiger partial charge < -0.3 is 9.64 Å². The number of piperidine rings is 1. The molecule has 1 aromatic rings. The molecule has 1 unspecified atom stereocenters. The molecule has 0 bridgehead atoms. The smallest absolute Gasteiger partial charge is 0.0951 e. The van der Waals surface area contributed by atoms with E-state index >= 15 is 0 Å². The van der Waals surface area contributed by atoms with Gasteiger partial charge in [0.25, 0.3) is 0 Å². The van der Waals surface area contributed by atoms with Gasteiger partial charge in [0.15, 0.2) is 0 Å². The Morgan fingerprint density at radius 1 is 1.24 bits per heavy atom. The molecule has 2 nitrogen and oxygen atoms in total. The topological polar surface area (TPSA) is 12.5 Å². The predicted octanol–water partition coefficient (Wildman–Crippen LogP) is 4.99. The van der Waals surface area contributed by atoms with Gasteiger partial charge in [0, 0.05) is 18.2 Å². The van der Waals surface area contributed by atoms with Crippen LogP contribution in [0.15, 0.2) is 18.2 Å².